The molecule has 0 fully saturated rings. The number of hydrogen-bond acceptors (Lipinski definition) is 5. The van der Waals surface area contributed by atoms with Gasteiger partial charge in [0.15, 0.2) is 5.69 Å². The summed E-state index contributed by atoms with van der Waals surface area (Å²) in [4.78, 5) is 12.7. The summed E-state index contributed by atoms with van der Waals surface area (Å²) in [6.45, 7) is 0. The molecule has 4 aromatic rings. The summed E-state index contributed by atoms with van der Waals surface area (Å²) in [6.07, 6.45) is 8.35. The predicted molar refractivity (Wildman–Crippen MR) is 113 cm³/mol. The van der Waals surface area contributed by atoms with E-state index in [1.54, 1.807) is 30.9 Å². The Bertz CT molecular complexity index is 1310. The zero-order valence-electron chi connectivity index (χ0n) is 15.9. The average molecular weight is 407 g/mol. The van der Waals surface area contributed by atoms with Gasteiger partial charge in [-0.15, -0.1) is 8.42 Å². The molecule has 0 saturated carbocycles. The SMILES string of the molecule is C[N+](C)(c1cncc(-c2ccc3nccc(-c4ccncc4)c3c2)c1)S(=O)(=O)O. The molecule has 0 amide bonds. The first-order chi connectivity index (χ1) is 13.8. The van der Waals surface area contributed by atoms with Crippen molar-refractivity contribution in [3.63, 3.8) is 0 Å². The van der Waals surface area contributed by atoms with E-state index < -0.39 is 14.2 Å². The number of nitrogens with zero attached hydrogens (tertiary/aromatic N) is 4. The average Bonchev–Trinajstić information content (AvgIpc) is 2.73. The fraction of sp³-hybridized carbons (Fsp3) is 0.0952. The number of fused-ring (bicyclic) bond motifs is 1. The molecule has 0 atom stereocenters. The van der Waals surface area contributed by atoms with Crippen molar-refractivity contribution in [2.45, 2.75) is 0 Å². The molecule has 1 N–H and O–H groups in total. The Kier molecular flexibility index (Phi) is 4.62. The summed E-state index contributed by atoms with van der Waals surface area (Å²) in [5, 5.41) is 0.963. The lowest BCUT2D eigenvalue weighted by Crippen LogP contribution is -2.46. The second-order valence-electron chi connectivity index (χ2n) is 7.06. The number of hydrogen-bond donors (Lipinski definition) is 1. The van der Waals surface area contributed by atoms with Crippen LogP contribution in [0.15, 0.2) is 73.4 Å². The molecule has 0 aliphatic rings. The van der Waals surface area contributed by atoms with Gasteiger partial charge in [-0.1, -0.05) is 6.07 Å². The van der Waals surface area contributed by atoms with Crippen LogP contribution in [0.3, 0.4) is 0 Å². The van der Waals surface area contributed by atoms with Crippen molar-refractivity contribution in [2.75, 3.05) is 14.1 Å². The van der Waals surface area contributed by atoms with Gasteiger partial charge in [-0.05, 0) is 47.0 Å². The lowest BCUT2D eigenvalue weighted by Gasteiger charge is -2.23. The summed E-state index contributed by atoms with van der Waals surface area (Å²) in [6, 6.07) is 13.4. The van der Waals surface area contributed by atoms with E-state index >= 15 is 0 Å². The Balaban J connectivity index is 1.87. The maximum Gasteiger partial charge on any atom is 0.437 e. The predicted octanol–water partition coefficient (Wildman–Crippen LogP) is 3.73. The van der Waals surface area contributed by atoms with Crippen LogP contribution < -0.4 is 3.89 Å². The van der Waals surface area contributed by atoms with Crippen molar-refractivity contribution in [1.29, 1.82) is 0 Å². The van der Waals surface area contributed by atoms with E-state index in [4.69, 9.17) is 0 Å². The molecule has 0 aliphatic carbocycles. The Hall–Kier alpha value is -3.20. The molecule has 0 unspecified atom stereocenters. The number of pyridine rings is 3. The van der Waals surface area contributed by atoms with Crippen LogP contribution in [0, 0.1) is 0 Å². The highest BCUT2D eigenvalue weighted by atomic mass is 32.2. The van der Waals surface area contributed by atoms with Crippen LogP contribution in [0.2, 0.25) is 0 Å². The third-order valence-corrected chi connectivity index (χ3v) is 6.35. The summed E-state index contributed by atoms with van der Waals surface area (Å²) >= 11 is 0. The van der Waals surface area contributed by atoms with Gasteiger partial charge in [0.25, 0.3) is 0 Å². The van der Waals surface area contributed by atoms with Crippen LogP contribution >= 0.6 is 0 Å². The monoisotopic (exact) mass is 407 g/mol. The highest BCUT2D eigenvalue weighted by molar-refractivity contribution is 7.85. The summed E-state index contributed by atoms with van der Waals surface area (Å²) in [5.74, 6) is 0. The van der Waals surface area contributed by atoms with Crippen LogP contribution in [0.4, 0.5) is 5.69 Å². The normalized spacial score (nSPS) is 12.2. The molecule has 1 aromatic carbocycles. The molecule has 0 aliphatic heterocycles. The minimum atomic E-state index is -4.35. The van der Waals surface area contributed by atoms with E-state index in [2.05, 4.69) is 15.0 Å². The van der Waals surface area contributed by atoms with Gasteiger partial charge in [0.1, 0.15) is 0 Å². The van der Waals surface area contributed by atoms with Crippen LogP contribution in [0.1, 0.15) is 0 Å². The minimum Gasteiger partial charge on any atom is -0.265 e. The molecular weight excluding hydrogens is 388 g/mol. The van der Waals surface area contributed by atoms with Gasteiger partial charge in [-0.2, -0.15) is 3.89 Å². The first kappa shape index (κ1) is 19.1. The third kappa shape index (κ3) is 3.49. The molecule has 146 valence electrons. The number of rotatable bonds is 4. The topological polar surface area (TPSA) is 93.0 Å². The second-order valence-corrected chi connectivity index (χ2v) is 8.87. The van der Waals surface area contributed by atoms with Gasteiger partial charge >= 0.3 is 10.3 Å². The fourth-order valence-electron chi connectivity index (χ4n) is 3.12. The molecule has 7 nitrogen and oxygen atoms in total. The van der Waals surface area contributed by atoms with Gasteiger partial charge in [0.2, 0.25) is 0 Å². The summed E-state index contributed by atoms with van der Waals surface area (Å²) < 4.78 is 32.4. The van der Waals surface area contributed by atoms with E-state index in [-0.39, 0.29) is 0 Å². The van der Waals surface area contributed by atoms with E-state index in [0.29, 0.717) is 5.69 Å². The molecule has 4 rings (SSSR count). The smallest absolute Gasteiger partial charge is 0.265 e. The number of benzene rings is 1. The minimum absolute atomic E-state index is 0.352. The van der Waals surface area contributed by atoms with Crippen molar-refractivity contribution in [3.8, 4) is 22.3 Å². The second kappa shape index (κ2) is 7.00. The maximum atomic E-state index is 11.8. The van der Waals surface area contributed by atoms with Crippen molar-refractivity contribution in [2.24, 2.45) is 0 Å². The Labute approximate surface area is 168 Å². The zero-order chi connectivity index (χ0) is 20.6. The molecule has 0 bridgehead atoms. The van der Waals surface area contributed by atoms with Crippen LogP contribution in [-0.4, -0.2) is 42.0 Å². The molecular formula is C21H19N4O3S+. The van der Waals surface area contributed by atoms with E-state index in [0.717, 1.165) is 33.2 Å². The highest BCUT2D eigenvalue weighted by Gasteiger charge is 2.34. The molecule has 0 saturated heterocycles. The molecule has 3 heterocycles. The lowest BCUT2D eigenvalue weighted by atomic mass is 9.98. The fourth-order valence-corrected chi connectivity index (χ4v) is 3.49. The summed E-state index contributed by atoms with van der Waals surface area (Å²) in [5.41, 5.74) is 4.86. The van der Waals surface area contributed by atoms with Gasteiger partial charge in [0, 0.05) is 41.8 Å². The first-order valence-electron chi connectivity index (χ1n) is 8.84. The van der Waals surface area contributed by atoms with Crippen LogP contribution in [0.5, 0.6) is 0 Å². The number of quaternary nitrogens is 1. The van der Waals surface area contributed by atoms with E-state index in [1.807, 2.05) is 36.4 Å². The highest BCUT2D eigenvalue weighted by Crippen LogP contribution is 2.32. The summed E-state index contributed by atoms with van der Waals surface area (Å²) in [7, 11) is -1.57. The molecule has 8 heteroatoms. The Morgan fingerprint density at radius 3 is 2.31 bits per heavy atom. The zero-order valence-corrected chi connectivity index (χ0v) is 16.7. The van der Waals surface area contributed by atoms with Crippen molar-refractivity contribution in [1.82, 2.24) is 18.8 Å². The Morgan fingerprint density at radius 1 is 0.828 bits per heavy atom. The largest absolute Gasteiger partial charge is 0.437 e. The van der Waals surface area contributed by atoms with Gasteiger partial charge in [-0.25, -0.2) is 4.55 Å². The Morgan fingerprint density at radius 2 is 1.59 bits per heavy atom. The maximum absolute atomic E-state index is 11.8. The van der Waals surface area contributed by atoms with E-state index in [9.17, 15) is 13.0 Å². The quantitative estimate of drug-likeness (QED) is 0.409. The van der Waals surface area contributed by atoms with Crippen molar-refractivity contribution in [3.05, 3.63) is 73.4 Å². The van der Waals surface area contributed by atoms with Crippen molar-refractivity contribution >= 4 is 26.9 Å². The third-order valence-electron chi connectivity index (χ3n) is 4.99. The standard InChI is InChI=1S/C21H18N4O3S/c1-25(2,29(26,27)28)18-11-17(13-23-14-18)16-3-4-21-20(12-16)19(7-10-24-21)15-5-8-22-9-6-15/h3-14H,1-2H3/p+1. The van der Waals surface area contributed by atoms with Crippen molar-refractivity contribution < 1.29 is 13.0 Å². The molecule has 3 aromatic heterocycles. The van der Waals surface area contributed by atoms with Gasteiger partial charge in [0.05, 0.1) is 25.8 Å². The molecule has 0 radical (unpaired) electrons. The molecule has 29 heavy (non-hydrogen) atoms. The van der Waals surface area contributed by atoms with Crippen LogP contribution in [0.25, 0.3) is 33.2 Å². The molecule has 0 spiro atoms. The van der Waals surface area contributed by atoms with Crippen LogP contribution in [-0.2, 0) is 10.3 Å². The number of aromatic nitrogens is 3. The van der Waals surface area contributed by atoms with E-state index in [1.165, 1.54) is 20.3 Å². The first-order valence-corrected chi connectivity index (χ1v) is 10.2. The lowest BCUT2D eigenvalue weighted by molar-refractivity contribution is 0.412. The van der Waals surface area contributed by atoms with Gasteiger partial charge < -0.3 is 0 Å². The van der Waals surface area contributed by atoms with Gasteiger partial charge in [-0.3, -0.25) is 15.0 Å².